The maximum absolute atomic E-state index is 3.58. The Kier molecular flexibility index (Phi) is 7.87. The highest BCUT2D eigenvalue weighted by Crippen LogP contribution is 2.20. The topological polar surface area (TPSA) is 18.5 Å². The molecule has 1 atom stereocenters. The molecule has 1 N–H and O–H groups in total. The molecule has 1 unspecified atom stereocenters. The summed E-state index contributed by atoms with van der Waals surface area (Å²) in [6, 6.07) is 0.747. The first kappa shape index (κ1) is 15.9. The molecule has 3 heteroatoms. The molecule has 0 saturated carbocycles. The second kappa shape index (κ2) is 8.89. The Morgan fingerprint density at radius 3 is 2.39 bits per heavy atom. The molecule has 0 radical (unpaired) electrons. The van der Waals surface area contributed by atoms with Gasteiger partial charge in [0.15, 0.2) is 0 Å². The highest BCUT2D eigenvalue weighted by Gasteiger charge is 2.23. The highest BCUT2D eigenvalue weighted by molar-refractivity contribution is 4.80. The number of hydrogen-bond donors (Lipinski definition) is 1. The first-order valence-electron chi connectivity index (χ1n) is 7.76. The molecule has 0 bridgehead atoms. The van der Waals surface area contributed by atoms with Crippen LogP contribution in [0.25, 0.3) is 0 Å². The summed E-state index contributed by atoms with van der Waals surface area (Å²) >= 11 is 0. The van der Waals surface area contributed by atoms with Crippen molar-refractivity contribution in [1.82, 2.24) is 15.1 Å². The van der Waals surface area contributed by atoms with Gasteiger partial charge < -0.3 is 10.2 Å². The molecule has 3 nitrogen and oxygen atoms in total. The second-order valence-corrected chi connectivity index (χ2v) is 6.01. The summed E-state index contributed by atoms with van der Waals surface area (Å²) in [7, 11) is 4.38. The first-order chi connectivity index (χ1) is 8.67. The minimum absolute atomic E-state index is 0.747. The van der Waals surface area contributed by atoms with Crippen LogP contribution in [0.15, 0.2) is 0 Å². The van der Waals surface area contributed by atoms with Crippen LogP contribution in [-0.4, -0.2) is 62.7 Å². The van der Waals surface area contributed by atoms with E-state index in [-0.39, 0.29) is 0 Å². The Bertz CT molecular complexity index is 198. The van der Waals surface area contributed by atoms with Crippen molar-refractivity contribution in [3.8, 4) is 0 Å². The van der Waals surface area contributed by atoms with Gasteiger partial charge in [0.2, 0.25) is 0 Å². The average Bonchev–Trinajstić information content (AvgIpc) is 2.35. The monoisotopic (exact) mass is 255 g/mol. The van der Waals surface area contributed by atoms with Crippen molar-refractivity contribution < 1.29 is 0 Å². The van der Waals surface area contributed by atoms with E-state index in [1.54, 1.807) is 0 Å². The number of hydrogen-bond acceptors (Lipinski definition) is 3. The van der Waals surface area contributed by atoms with E-state index in [9.17, 15) is 0 Å². The SMILES string of the molecule is CCCNCC(CC)N1CCC(CN(C)C)CC1. The van der Waals surface area contributed by atoms with Crippen molar-refractivity contribution in [2.24, 2.45) is 5.92 Å². The van der Waals surface area contributed by atoms with Crippen LogP contribution < -0.4 is 5.32 Å². The lowest BCUT2D eigenvalue weighted by Gasteiger charge is -2.38. The summed E-state index contributed by atoms with van der Waals surface area (Å²) in [6.45, 7) is 10.7. The van der Waals surface area contributed by atoms with Crippen LogP contribution in [0.3, 0.4) is 0 Å². The highest BCUT2D eigenvalue weighted by atomic mass is 15.2. The van der Waals surface area contributed by atoms with Gasteiger partial charge in [0, 0.05) is 19.1 Å². The fraction of sp³-hybridized carbons (Fsp3) is 1.00. The molecule has 1 saturated heterocycles. The van der Waals surface area contributed by atoms with E-state index in [1.165, 1.54) is 51.9 Å². The maximum atomic E-state index is 3.58. The fourth-order valence-electron chi connectivity index (χ4n) is 2.99. The minimum atomic E-state index is 0.747. The van der Waals surface area contributed by atoms with E-state index in [4.69, 9.17) is 0 Å². The lowest BCUT2D eigenvalue weighted by atomic mass is 9.95. The molecule has 1 heterocycles. The van der Waals surface area contributed by atoms with Crippen LogP contribution in [0.1, 0.15) is 39.5 Å². The average molecular weight is 255 g/mol. The Hall–Kier alpha value is -0.120. The van der Waals surface area contributed by atoms with E-state index >= 15 is 0 Å². The summed E-state index contributed by atoms with van der Waals surface area (Å²) in [5.74, 6) is 0.914. The minimum Gasteiger partial charge on any atom is -0.315 e. The van der Waals surface area contributed by atoms with Gasteiger partial charge in [-0.3, -0.25) is 4.90 Å². The van der Waals surface area contributed by atoms with E-state index in [0.29, 0.717) is 0 Å². The van der Waals surface area contributed by atoms with E-state index < -0.39 is 0 Å². The van der Waals surface area contributed by atoms with Crippen molar-refractivity contribution in [3.63, 3.8) is 0 Å². The summed E-state index contributed by atoms with van der Waals surface area (Å²) in [6.07, 6.45) is 5.27. The molecular formula is C15H33N3. The van der Waals surface area contributed by atoms with Crippen molar-refractivity contribution in [1.29, 1.82) is 0 Å². The summed E-state index contributed by atoms with van der Waals surface area (Å²) < 4.78 is 0. The second-order valence-electron chi connectivity index (χ2n) is 6.01. The zero-order valence-electron chi connectivity index (χ0n) is 12.9. The van der Waals surface area contributed by atoms with Crippen molar-refractivity contribution in [3.05, 3.63) is 0 Å². The van der Waals surface area contributed by atoms with Gasteiger partial charge in [0.25, 0.3) is 0 Å². The Morgan fingerprint density at radius 2 is 1.89 bits per heavy atom. The maximum Gasteiger partial charge on any atom is 0.0218 e. The van der Waals surface area contributed by atoms with Crippen molar-refractivity contribution in [2.45, 2.75) is 45.6 Å². The largest absolute Gasteiger partial charge is 0.315 e. The number of piperidine rings is 1. The molecule has 0 aromatic rings. The quantitative estimate of drug-likeness (QED) is 0.670. The molecule has 0 amide bonds. The van der Waals surface area contributed by atoms with Gasteiger partial charge in [-0.1, -0.05) is 13.8 Å². The molecule has 0 spiro atoms. The van der Waals surface area contributed by atoms with Gasteiger partial charge in [-0.15, -0.1) is 0 Å². The van der Waals surface area contributed by atoms with Crippen LogP contribution in [0.5, 0.6) is 0 Å². The fourth-order valence-corrected chi connectivity index (χ4v) is 2.99. The van der Waals surface area contributed by atoms with Gasteiger partial charge in [0.1, 0.15) is 0 Å². The molecule has 1 rings (SSSR count). The molecule has 108 valence electrons. The molecule has 1 aliphatic rings. The number of nitrogens with one attached hydrogen (secondary N) is 1. The standard InChI is InChI=1S/C15H33N3/c1-5-9-16-12-15(6-2)18-10-7-14(8-11-18)13-17(3)4/h14-16H,5-13H2,1-4H3. The zero-order chi connectivity index (χ0) is 13.4. The summed E-state index contributed by atoms with van der Waals surface area (Å²) in [5, 5.41) is 3.58. The third-order valence-electron chi connectivity index (χ3n) is 4.07. The Balaban J connectivity index is 2.26. The first-order valence-corrected chi connectivity index (χ1v) is 7.76. The van der Waals surface area contributed by atoms with Crippen molar-refractivity contribution >= 4 is 0 Å². The zero-order valence-corrected chi connectivity index (χ0v) is 12.9. The smallest absolute Gasteiger partial charge is 0.0218 e. The van der Waals surface area contributed by atoms with Gasteiger partial charge in [0.05, 0.1) is 0 Å². The number of likely N-dealkylation sites (tertiary alicyclic amines) is 1. The predicted molar refractivity (Wildman–Crippen MR) is 80.1 cm³/mol. The Morgan fingerprint density at radius 1 is 1.22 bits per heavy atom. The Labute approximate surface area is 114 Å². The number of rotatable bonds is 8. The molecular weight excluding hydrogens is 222 g/mol. The lowest BCUT2D eigenvalue weighted by Crippen LogP contribution is -2.47. The summed E-state index contributed by atoms with van der Waals surface area (Å²) in [4.78, 5) is 5.04. The van der Waals surface area contributed by atoms with Crippen LogP contribution in [0.2, 0.25) is 0 Å². The molecule has 0 aromatic carbocycles. The van der Waals surface area contributed by atoms with E-state index in [0.717, 1.165) is 18.5 Å². The van der Waals surface area contributed by atoms with Gasteiger partial charge in [-0.05, 0) is 65.3 Å². The molecule has 18 heavy (non-hydrogen) atoms. The predicted octanol–water partition coefficient (Wildman–Crippen LogP) is 2.04. The third-order valence-corrected chi connectivity index (χ3v) is 4.07. The van der Waals surface area contributed by atoms with E-state index in [1.807, 2.05) is 0 Å². The van der Waals surface area contributed by atoms with Crippen LogP contribution in [0, 0.1) is 5.92 Å². The van der Waals surface area contributed by atoms with Crippen molar-refractivity contribution in [2.75, 3.05) is 46.8 Å². The van der Waals surface area contributed by atoms with Gasteiger partial charge >= 0.3 is 0 Å². The molecule has 1 aliphatic heterocycles. The van der Waals surface area contributed by atoms with Crippen LogP contribution >= 0.6 is 0 Å². The third kappa shape index (κ3) is 5.68. The van der Waals surface area contributed by atoms with Crippen LogP contribution in [0.4, 0.5) is 0 Å². The van der Waals surface area contributed by atoms with Crippen LogP contribution in [-0.2, 0) is 0 Å². The van der Waals surface area contributed by atoms with Gasteiger partial charge in [-0.2, -0.15) is 0 Å². The van der Waals surface area contributed by atoms with E-state index in [2.05, 4.69) is 43.1 Å². The normalized spacial score (nSPS) is 20.5. The molecule has 0 aromatic heterocycles. The molecule has 1 fully saturated rings. The summed E-state index contributed by atoms with van der Waals surface area (Å²) in [5.41, 5.74) is 0. The molecule has 0 aliphatic carbocycles. The number of nitrogens with zero attached hydrogens (tertiary/aromatic N) is 2. The lowest BCUT2D eigenvalue weighted by molar-refractivity contribution is 0.116. The van der Waals surface area contributed by atoms with Gasteiger partial charge in [-0.25, -0.2) is 0 Å².